The molecule has 5 nitrogen and oxygen atoms in total. The standard InChI is InChI=1S/C17H20N4O/c1-10-5-4-8-18-15(10)16(13-6-7-13)21-17-19-9-14(12(3)22)11(2)20-17/h4-5,8-9,13,16H,6-7H2,1-3H3,(H,19,20,21). The molecule has 1 fully saturated rings. The van der Waals surface area contributed by atoms with E-state index < -0.39 is 0 Å². The van der Waals surface area contributed by atoms with Gasteiger partial charge in [0.25, 0.3) is 0 Å². The predicted molar refractivity (Wildman–Crippen MR) is 84.8 cm³/mol. The van der Waals surface area contributed by atoms with Crippen LogP contribution in [0, 0.1) is 19.8 Å². The van der Waals surface area contributed by atoms with E-state index in [9.17, 15) is 4.79 Å². The predicted octanol–water partition coefficient (Wildman–Crippen LogP) is 3.25. The quantitative estimate of drug-likeness (QED) is 0.858. The van der Waals surface area contributed by atoms with Crippen molar-refractivity contribution in [1.82, 2.24) is 15.0 Å². The number of aryl methyl sites for hydroxylation is 2. The highest BCUT2D eigenvalue weighted by Crippen LogP contribution is 2.42. The number of carbonyl (C=O) groups excluding carboxylic acids is 1. The third-order valence-corrected chi connectivity index (χ3v) is 4.08. The monoisotopic (exact) mass is 296 g/mol. The zero-order valence-electron chi connectivity index (χ0n) is 13.1. The van der Waals surface area contributed by atoms with Gasteiger partial charge in [-0.15, -0.1) is 0 Å². The van der Waals surface area contributed by atoms with Gasteiger partial charge in [0.15, 0.2) is 5.78 Å². The minimum Gasteiger partial charge on any atom is -0.346 e. The Morgan fingerprint density at radius 3 is 2.68 bits per heavy atom. The first-order valence-electron chi connectivity index (χ1n) is 7.59. The van der Waals surface area contributed by atoms with Crippen molar-refractivity contribution < 1.29 is 4.79 Å². The highest BCUT2D eigenvalue weighted by Gasteiger charge is 2.34. The molecule has 3 rings (SSSR count). The smallest absolute Gasteiger partial charge is 0.223 e. The van der Waals surface area contributed by atoms with E-state index in [1.54, 1.807) is 6.20 Å². The molecule has 2 heterocycles. The van der Waals surface area contributed by atoms with Gasteiger partial charge in [0, 0.05) is 12.4 Å². The molecule has 1 atom stereocenters. The van der Waals surface area contributed by atoms with Gasteiger partial charge >= 0.3 is 0 Å². The average Bonchev–Trinajstić information content (AvgIpc) is 3.30. The number of Topliss-reactive ketones (excluding diaryl/α,β-unsaturated/α-hetero) is 1. The Morgan fingerprint density at radius 2 is 2.09 bits per heavy atom. The maximum absolute atomic E-state index is 11.5. The fourth-order valence-corrected chi connectivity index (χ4v) is 2.68. The molecule has 1 unspecified atom stereocenters. The van der Waals surface area contributed by atoms with E-state index in [1.165, 1.54) is 25.3 Å². The summed E-state index contributed by atoms with van der Waals surface area (Å²) in [7, 11) is 0. The first-order valence-corrected chi connectivity index (χ1v) is 7.59. The highest BCUT2D eigenvalue weighted by atomic mass is 16.1. The molecule has 2 aromatic heterocycles. The summed E-state index contributed by atoms with van der Waals surface area (Å²) in [5, 5.41) is 3.41. The molecule has 0 amide bonds. The number of nitrogens with one attached hydrogen (secondary N) is 1. The van der Waals surface area contributed by atoms with Gasteiger partial charge in [-0.3, -0.25) is 9.78 Å². The highest BCUT2D eigenvalue weighted by molar-refractivity contribution is 5.94. The van der Waals surface area contributed by atoms with Crippen LogP contribution in [0.4, 0.5) is 5.95 Å². The Balaban J connectivity index is 1.88. The van der Waals surface area contributed by atoms with Crippen molar-refractivity contribution in [3.05, 3.63) is 47.0 Å². The zero-order valence-corrected chi connectivity index (χ0v) is 13.1. The largest absolute Gasteiger partial charge is 0.346 e. The Kier molecular flexibility index (Phi) is 3.88. The summed E-state index contributed by atoms with van der Waals surface area (Å²) in [5.74, 6) is 1.12. The van der Waals surface area contributed by atoms with Crippen molar-refractivity contribution in [2.45, 2.75) is 39.7 Å². The van der Waals surface area contributed by atoms with Crippen LogP contribution in [0.1, 0.15) is 53.1 Å². The second kappa shape index (κ2) is 5.83. The topological polar surface area (TPSA) is 67.8 Å². The van der Waals surface area contributed by atoms with Crippen LogP contribution in [0.15, 0.2) is 24.5 Å². The van der Waals surface area contributed by atoms with Gasteiger partial charge in [-0.1, -0.05) is 6.07 Å². The lowest BCUT2D eigenvalue weighted by molar-refractivity contribution is 0.101. The summed E-state index contributed by atoms with van der Waals surface area (Å²) in [5.41, 5.74) is 3.51. The van der Waals surface area contributed by atoms with Crippen molar-refractivity contribution in [1.29, 1.82) is 0 Å². The number of ketones is 1. The van der Waals surface area contributed by atoms with Crippen molar-refractivity contribution in [3.8, 4) is 0 Å². The molecule has 0 radical (unpaired) electrons. The van der Waals surface area contributed by atoms with Crippen LogP contribution in [-0.4, -0.2) is 20.7 Å². The number of pyridine rings is 1. The van der Waals surface area contributed by atoms with Gasteiger partial charge in [0.1, 0.15) is 0 Å². The second-order valence-electron chi connectivity index (χ2n) is 5.91. The molecule has 2 aromatic rings. The van der Waals surface area contributed by atoms with Crippen LogP contribution >= 0.6 is 0 Å². The Labute approximate surface area is 130 Å². The van der Waals surface area contributed by atoms with Crippen LogP contribution in [0.25, 0.3) is 0 Å². The van der Waals surface area contributed by atoms with Crippen LogP contribution < -0.4 is 5.32 Å². The summed E-state index contributed by atoms with van der Waals surface area (Å²) in [6.45, 7) is 5.44. The maximum atomic E-state index is 11.5. The van der Waals surface area contributed by atoms with Crippen molar-refractivity contribution >= 4 is 11.7 Å². The third-order valence-electron chi connectivity index (χ3n) is 4.08. The summed E-state index contributed by atoms with van der Waals surface area (Å²) < 4.78 is 0. The molecule has 0 aliphatic heterocycles. The normalized spacial score (nSPS) is 15.4. The second-order valence-corrected chi connectivity index (χ2v) is 5.91. The number of rotatable bonds is 5. The molecular weight excluding hydrogens is 276 g/mol. The van der Waals surface area contributed by atoms with Crippen molar-refractivity contribution in [2.24, 2.45) is 5.92 Å². The lowest BCUT2D eigenvalue weighted by atomic mass is 10.0. The SMILES string of the molecule is CC(=O)c1cnc(NC(c2ncccc2C)C2CC2)nc1C. The number of nitrogens with zero attached hydrogens (tertiary/aromatic N) is 3. The molecule has 114 valence electrons. The van der Waals surface area contributed by atoms with Gasteiger partial charge in [-0.2, -0.15) is 0 Å². The van der Waals surface area contributed by atoms with E-state index in [4.69, 9.17) is 0 Å². The average molecular weight is 296 g/mol. The molecular formula is C17H20N4O. The summed E-state index contributed by atoms with van der Waals surface area (Å²) in [4.78, 5) is 24.7. The first-order chi connectivity index (χ1) is 10.6. The molecule has 0 saturated heterocycles. The van der Waals surface area contributed by atoms with Crippen LogP contribution in [0.3, 0.4) is 0 Å². The number of anilines is 1. The number of hydrogen-bond acceptors (Lipinski definition) is 5. The fourth-order valence-electron chi connectivity index (χ4n) is 2.68. The van der Waals surface area contributed by atoms with Gasteiger partial charge in [-0.25, -0.2) is 9.97 Å². The summed E-state index contributed by atoms with van der Waals surface area (Å²) in [6.07, 6.45) is 5.81. The van der Waals surface area contributed by atoms with Crippen LogP contribution in [-0.2, 0) is 0 Å². The number of carbonyl (C=O) groups is 1. The third kappa shape index (κ3) is 2.98. The molecule has 22 heavy (non-hydrogen) atoms. The molecule has 1 aliphatic rings. The molecule has 0 aromatic carbocycles. The molecule has 1 N–H and O–H groups in total. The van der Waals surface area contributed by atoms with E-state index in [1.807, 2.05) is 19.2 Å². The Hall–Kier alpha value is -2.30. The lowest BCUT2D eigenvalue weighted by Gasteiger charge is -2.19. The van der Waals surface area contributed by atoms with Crippen molar-refractivity contribution in [2.75, 3.05) is 5.32 Å². The number of hydrogen-bond donors (Lipinski definition) is 1. The molecule has 1 saturated carbocycles. The minimum atomic E-state index is -0.0108. The van der Waals surface area contributed by atoms with E-state index in [0.29, 0.717) is 23.1 Å². The maximum Gasteiger partial charge on any atom is 0.223 e. The lowest BCUT2D eigenvalue weighted by Crippen LogP contribution is -2.18. The first kappa shape index (κ1) is 14.6. The minimum absolute atomic E-state index is 0.0108. The Bertz CT molecular complexity index is 710. The van der Waals surface area contributed by atoms with E-state index in [2.05, 4.69) is 33.3 Å². The molecule has 0 bridgehead atoms. The van der Waals surface area contributed by atoms with Gasteiger partial charge in [0.2, 0.25) is 5.95 Å². The van der Waals surface area contributed by atoms with Crippen molar-refractivity contribution in [3.63, 3.8) is 0 Å². The number of aromatic nitrogens is 3. The van der Waals surface area contributed by atoms with Gasteiger partial charge < -0.3 is 5.32 Å². The fraction of sp³-hybridized carbons (Fsp3) is 0.412. The van der Waals surface area contributed by atoms with E-state index in [0.717, 1.165) is 5.69 Å². The molecule has 0 spiro atoms. The van der Waals surface area contributed by atoms with E-state index in [-0.39, 0.29) is 11.8 Å². The van der Waals surface area contributed by atoms with Crippen LogP contribution in [0.2, 0.25) is 0 Å². The molecule has 1 aliphatic carbocycles. The Morgan fingerprint density at radius 1 is 1.32 bits per heavy atom. The molecule has 5 heteroatoms. The van der Waals surface area contributed by atoms with Gasteiger partial charge in [-0.05, 0) is 51.2 Å². The van der Waals surface area contributed by atoms with E-state index >= 15 is 0 Å². The summed E-state index contributed by atoms with van der Waals surface area (Å²) in [6, 6.07) is 4.15. The summed E-state index contributed by atoms with van der Waals surface area (Å²) >= 11 is 0. The van der Waals surface area contributed by atoms with Crippen LogP contribution in [0.5, 0.6) is 0 Å². The van der Waals surface area contributed by atoms with Gasteiger partial charge in [0.05, 0.1) is 23.0 Å². The zero-order chi connectivity index (χ0) is 15.7.